The Balaban J connectivity index is 1.71. The van der Waals surface area contributed by atoms with Gasteiger partial charge < -0.3 is 14.6 Å². The Hall–Kier alpha value is -1.34. The summed E-state index contributed by atoms with van der Waals surface area (Å²) in [5.41, 5.74) is 0. The summed E-state index contributed by atoms with van der Waals surface area (Å²) < 4.78 is 11.1. The smallest absolute Gasteiger partial charge is 0.267 e. The van der Waals surface area contributed by atoms with Crippen LogP contribution in [0.3, 0.4) is 0 Å². The van der Waals surface area contributed by atoms with Crippen LogP contribution in [-0.2, 0) is 0 Å². The molecule has 2 atom stereocenters. The zero-order valence-corrected chi connectivity index (χ0v) is 14.4. The molecule has 0 radical (unpaired) electrons. The van der Waals surface area contributed by atoms with Crippen LogP contribution in [0.1, 0.15) is 30.8 Å². The van der Waals surface area contributed by atoms with E-state index in [1.807, 2.05) is 6.92 Å². The molecule has 1 aliphatic rings. The summed E-state index contributed by atoms with van der Waals surface area (Å²) in [5, 5.41) is 8.45. The van der Waals surface area contributed by atoms with Crippen LogP contribution in [0.5, 0.6) is 5.75 Å². The summed E-state index contributed by atoms with van der Waals surface area (Å²) in [7, 11) is 2.05. The Kier molecular flexibility index (Phi) is 5.06. The first-order valence-corrected chi connectivity index (χ1v) is 8.15. The second-order valence-corrected chi connectivity index (χ2v) is 6.43. The Bertz CT molecular complexity index is 659. The summed E-state index contributed by atoms with van der Waals surface area (Å²) in [4.78, 5) is 6.68. The maximum Gasteiger partial charge on any atom is 0.267 e. The van der Waals surface area contributed by atoms with Gasteiger partial charge >= 0.3 is 0 Å². The van der Waals surface area contributed by atoms with Crippen LogP contribution < -0.4 is 10.1 Å². The maximum atomic E-state index is 5.97. The fraction of sp³-hybridized carbons (Fsp3) is 0.467. The summed E-state index contributed by atoms with van der Waals surface area (Å²) in [6, 6.07) is 5.14. The van der Waals surface area contributed by atoms with Crippen molar-refractivity contribution in [3.8, 4) is 5.75 Å². The van der Waals surface area contributed by atoms with Gasteiger partial charge in [0.05, 0.1) is 6.04 Å². The number of rotatable bonds is 4. The van der Waals surface area contributed by atoms with Crippen molar-refractivity contribution in [3.05, 3.63) is 40.0 Å². The molecule has 23 heavy (non-hydrogen) atoms. The maximum absolute atomic E-state index is 5.97. The fourth-order valence-electron chi connectivity index (χ4n) is 2.49. The molecule has 6 nitrogen and oxygen atoms in total. The monoisotopic (exact) mass is 356 g/mol. The molecule has 1 saturated heterocycles. The highest BCUT2D eigenvalue weighted by Gasteiger charge is 2.26. The minimum atomic E-state index is -0.396. The molecule has 1 aromatic carbocycles. The zero-order chi connectivity index (χ0) is 16.4. The number of ether oxygens (including phenoxy) is 1. The van der Waals surface area contributed by atoms with Crippen molar-refractivity contribution in [2.24, 2.45) is 0 Å². The van der Waals surface area contributed by atoms with Crippen molar-refractivity contribution in [1.82, 2.24) is 20.4 Å². The Morgan fingerprint density at radius 3 is 2.78 bits per heavy atom. The Morgan fingerprint density at radius 2 is 2.09 bits per heavy atom. The molecule has 2 heterocycles. The third kappa shape index (κ3) is 3.95. The van der Waals surface area contributed by atoms with Crippen LogP contribution in [0.4, 0.5) is 0 Å². The van der Waals surface area contributed by atoms with Gasteiger partial charge in [-0.05, 0) is 32.2 Å². The van der Waals surface area contributed by atoms with E-state index in [-0.39, 0.29) is 6.04 Å². The molecule has 1 N–H and O–H groups in total. The molecule has 8 heteroatoms. The number of nitrogens with zero attached hydrogens (tertiary/aromatic N) is 3. The minimum Gasteiger partial charge on any atom is -0.481 e. The van der Waals surface area contributed by atoms with Crippen LogP contribution in [0.2, 0.25) is 10.0 Å². The molecule has 124 valence electrons. The van der Waals surface area contributed by atoms with Crippen molar-refractivity contribution in [3.63, 3.8) is 0 Å². The SMILES string of the molecule is CC(Oc1cc(Cl)cc(Cl)c1)c1nc(C2CNCCN2C)no1. The Labute approximate surface area is 144 Å². The average Bonchev–Trinajstić information content (AvgIpc) is 2.96. The number of halogens is 2. The third-order valence-corrected chi connectivity index (χ3v) is 4.20. The number of hydrogen-bond acceptors (Lipinski definition) is 6. The van der Waals surface area contributed by atoms with E-state index in [4.69, 9.17) is 32.5 Å². The normalized spacial score (nSPS) is 20.4. The molecule has 0 bridgehead atoms. The summed E-state index contributed by atoms with van der Waals surface area (Å²) in [6.07, 6.45) is -0.396. The van der Waals surface area contributed by atoms with E-state index in [1.54, 1.807) is 18.2 Å². The van der Waals surface area contributed by atoms with E-state index in [0.717, 1.165) is 19.6 Å². The summed E-state index contributed by atoms with van der Waals surface area (Å²) in [5.74, 6) is 1.65. The molecule has 2 aromatic rings. The summed E-state index contributed by atoms with van der Waals surface area (Å²) >= 11 is 11.9. The van der Waals surface area contributed by atoms with E-state index in [0.29, 0.717) is 27.5 Å². The van der Waals surface area contributed by atoms with E-state index >= 15 is 0 Å². The first-order chi connectivity index (χ1) is 11.0. The van der Waals surface area contributed by atoms with Crippen LogP contribution in [0.15, 0.2) is 22.7 Å². The number of likely N-dealkylation sites (N-methyl/N-ethyl adjacent to an activating group) is 1. The van der Waals surface area contributed by atoms with Crippen LogP contribution in [0, 0.1) is 0 Å². The highest BCUT2D eigenvalue weighted by Crippen LogP contribution is 2.28. The molecule has 0 aliphatic carbocycles. The zero-order valence-electron chi connectivity index (χ0n) is 12.9. The van der Waals surface area contributed by atoms with Crippen LogP contribution >= 0.6 is 23.2 Å². The highest BCUT2D eigenvalue weighted by atomic mass is 35.5. The topological polar surface area (TPSA) is 63.4 Å². The van der Waals surface area contributed by atoms with E-state index in [1.165, 1.54) is 0 Å². The Morgan fingerprint density at radius 1 is 1.35 bits per heavy atom. The van der Waals surface area contributed by atoms with Gasteiger partial charge in [-0.2, -0.15) is 4.98 Å². The van der Waals surface area contributed by atoms with Gasteiger partial charge in [-0.15, -0.1) is 0 Å². The van der Waals surface area contributed by atoms with E-state index in [2.05, 4.69) is 27.4 Å². The largest absolute Gasteiger partial charge is 0.481 e. The lowest BCUT2D eigenvalue weighted by molar-refractivity contribution is 0.173. The molecule has 0 amide bonds. The minimum absolute atomic E-state index is 0.106. The molecule has 3 rings (SSSR count). The van der Waals surface area contributed by atoms with Gasteiger partial charge in [0.1, 0.15) is 5.75 Å². The predicted octanol–water partition coefficient (Wildman–Crippen LogP) is 3.09. The van der Waals surface area contributed by atoms with E-state index in [9.17, 15) is 0 Å². The molecule has 1 aromatic heterocycles. The second kappa shape index (κ2) is 7.05. The molecular formula is C15H18Cl2N4O2. The van der Waals surface area contributed by atoms with Gasteiger partial charge in [0.25, 0.3) is 5.89 Å². The van der Waals surface area contributed by atoms with Gasteiger partial charge in [0, 0.05) is 29.7 Å². The van der Waals surface area contributed by atoms with Crippen molar-refractivity contribution >= 4 is 23.2 Å². The van der Waals surface area contributed by atoms with Crippen molar-refractivity contribution in [2.45, 2.75) is 19.1 Å². The lowest BCUT2D eigenvalue weighted by atomic mass is 10.2. The van der Waals surface area contributed by atoms with Gasteiger partial charge in [0.15, 0.2) is 11.9 Å². The van der Waals surface area contributed by atoms with Crippen molar-refractivity contribution < 1.29 is 9.26 Å². The fourth-order valence-corrected chi connectivity index (χ4v) is 3.00. The molecule has 0 saturated carbocycles. The number of aromatic nitrogens is 2. The first-order valence-electron chi connectivity index (χ1n) is 7.40. The van der Waals surface area contributed by atoms with Crippen LogP contribution in [-0.4, -0.2) is 41.7 Å². The number of hydrogen-bond donors (Lipinski definition) is 1. The van der Waals surface area contributed by atoms with Crippen molar-refractivity contribution in [2.75, 3.05) is 26.7 Å². The lowest BCUT2D eigenvalue weighted by Crippen LogP contribution is -2.44. The first kappa shape index (κ1) is 16.5. The highest BCUT2D eigenvalue weighted by molar-refractivity contribution is 6.34. The van der Waals surface area contributed by atoms with Gasteiger partial charge in [0.2, 0.25) is 0 Å². The standard InChI is InChI=1S/C15H18Cl2N4O2/c1-9(22-12-6-10(16)5-11(17)7-12)15-19-14(20-23-15)13-8-18-3-4-21(13)2/h5-7,9,13,18H,3-4,8H2,1-2H3. The average molecular weight is 357 g/mol. The molecule has 0 spiro atoms. The van der Waals surface area contributed by atoms with Crippen LogP contribution in [0.25, 0.3) is 0 Å². The van der Waals surface area contributed by atoms with Crippen molar-refractivity contribution in [1.29, 1.82) is 0 Å². The van der Waals surface area contributed by atoms with Gasteiger partial charge in [-0.1, -0.05) is 28.4 Å². The molecule has 1 fully saturated rings. The molecule has 1 aliphatic heterocycles. The van der Waals surface area contributed by atoms with E-state index < -0.39 is 6.10 Å². The lowest BCUT2D eigenvalue weighted by Gasteiger charge is -2.30. The van der Waals surface area contributed by atoms with Gasteiger partial charge in [-0.3, -0.25) is 4.90 Å². The number of piperazine rings is 1. The predicted molar refractivity (Wildman–Crippen MR) is 88.0 cm³/mol. The number of benzene rings is 1. The van der Waals surface area contributed by atoms with Gasteiger partial charge in [-0.25, -0.2) is 0 Å². The molecule has 2 unspecified atom stereocenters. The second-order valence-electron chi connectivity index (χ2n) is 5.56. The quantitative estimate of drug-likeness (QED) is 0.907. The summed E-state index contributed by atoms with van der Waals surface area (Å²) in [6.45, 7) is 4.55. The number of nitrogens with one attached hydrogen (secondary N) is 1. The molecular weight excluding hydrogens is 339 g/mol. The third-order valence-electron chi connectivity index (χ3n) is 3.76.